The van der Waals surface area contributed by atoms with Gasteiger partial charge in [-0.25, -0.2) is 9.97 Å². The van der Waals surface area contributed by atoms with E-state index in [1.165, 1.54) is 22.7 Å². The van der Waals surface area contributed by atoms with Crippen molar-refractivity contribution in [2.75, 3.05) is 17.2 Å². The van der Waals surface area contributed by atoms with Gasteiger partial charge in [-0.05, 0) is 32.0 Å². The minimum absolute atomic E-state index is 0.0235. The van der Waals surface area contributed by atoms with Crippen LogP contribution in [0.1, 0.15) is 20.4 Å². The Kier molecular flexibility index (Phi) is 4.17. The van der Waals surface area contributed by atoms with Gasteiger partial charge in [0.05, 0.1) is 22.1 Å². The van der Waals surface area contributed by atoms with Gasteiger partial charge < -0.3 is 10.1 Å². The van der Waals surface area contributed by atoms with Crippen molar-refractivity contribution >= 4 is 45.3 Å². The van der Waals surface area contributed by atoms with E-state index in [-0.39, 0.29) is 18.4 Å². The van der Waals surface area contributed by atoms with Crippen LogP contribution in [0.25, 0.3) is 11.3 Å². The first-order chi connectivity index (χ1) is 12.5. The van der Waals surface area contributed by atoms with Crippen molar-refractivity contribution in [3.05, 3.63) is 39.2 Å². The van der Waals surface area contributed by atoms with E-state index < -0.39 is 0 Å². The number of ether oxygens (including phenoxy) is 1. The number of thiazole rings is 2. The molecule has 0 aliphatic carbocycles. The topological polar surface area (TPSA) is 93.2 Å². The fourth-order valence-corrected chi connectivity index (χ4v) is 4.13. The summed E-state index contributed by atoms with van der Waals surface area (Å²) in [5.41, 5.74) is 2.88. The zero-order valence-corrected chi connectivity index (χ0v) is 15.6. The lowest BCUT2D eigenvalue weighted by atomic mass is 10.1. The van der Waals surface area contributed by atoms with Crippen LogP contribution in [0.4, 0.5) is 10.8 Å². The summed E-state index contributed by atoms with van der Waals surface area (Å²) in [7, 11) is 0. The third-order valence-electron chi connectivity index (χ3n) is 3.74. The number of nitrogens with one attached hydrogen (secondary N) is 2. The lowest BCUT2D eigenvalue weighted by molar-refractivity contribution is -0.118. The zero-order chi connectivity index (χ0) is 18.3. The fraction of sp³-hybridized carbons (Fsp3) is 0.176. The molecular weight excluding hydrogens is 372 g/mol. The number of hydrogen-bond donors (Lipinski definition) is 2. The Morgan fingerprint density at radius 1 is 1.31 bits per heavy atom. The maximum Gasteiger partial charge on any atom is 0.269 e. The summed E-state index contributed by atoms with van der Waals surface area (Å²) >= 11 is 2.70. The molecule has 0 bridgehead atoms. The zero-order valence-electron chi connectivity index (χ0n) is 14.0. The summed E-state index contributed by atoms with van der Waals surface area (Å²) < 4.78 is 5.35. The predicted octanol–water partition coefficient (Wildman–Crippen LogP) is 3.47. The highest BCUT2D eigenvalue weighted by Crippen LogP contribution is 2.34. The summed E-state index contributed by atoms with van der Waals surface area (Å²) in [5, 5.41) is 8.81. The molecule has 2 amide bonds. The molecule has 0 saturated heterocycles. The summed E-state index contributed by atoms with van der Waals surface area (Å²) in [5.74, 6) is 0.240. The second-order valence-corrected chi connectivity index (χ2v) is 7.75. The molecule has 1 aromatic carbocycles. The Balaban J connectivity index is 1.55. The highest BCUT2D eigenvalue weighted by atomic mass is 32.1. The standard InChI is InChI=1S/C17H14N4O3S2/c1-8-15(26-9(2)18-8)16(23)21-17-20-12(7-25-17)10-3-4-13-11(5-10)19-14(22)6-24-13/h3-5,7H,6H2,1-2H3,(H,19,22)(H,20,21,23). The summed E-state index contributed by atoms with van der Waals surface area (Å²) in [6.07, 6.45) is 0. The van der Waals surface area contributed by atoms with Crippen molar-refractivity contribution in [1.29, 1.82) is 0 Å². The van der Waals surface area contributed by atoms with Crippen molar-refractivity contribution < 1.29 is 14.3 Å². The molecular formula is C17H14N4O3S2. The van der Waals surface area contributed by atoms with E-state index in [0.29, 0.717) is 32.8 Å². The van der Waals surface area contributed by atoms with E-state index in [9.17, 15) is 9.59 Å². The first kappa shape index (κ1) is 16.7. The van der Waals surface area contributed by atoms with Crippen LogP contribution in [-0.4, -0.2) is 28.4 Å². The van der Waals surface area contributed by atoms with E-state index in [1.807, 2.05) is 31.4 Å². The van der Waals surface area contributed by atoms with Crippen LogP contribution >= 0.6 is 22.7 Å². The highest BCUT2D eigenvalue weighted by molar-refractivity contribution is 7.15. The Bertz CT molecular complexity index is 1020. The molecule has 0 fully saturated rings. The number of aromatic nitrogens is 2. The average Bonchev–Trinajstić information content (AvgIpc) is 3.20. The lowest BCUT2D eigenvalue weighted by Gasteiger charge is -2.18. The van der Waals surface area contributed by atoms with Gasteiger partial charge in [-0.3, -0.25) is 14.9 Å². The number of rotatable bonds is 3. The first-order valence-electron chi connectivity index (χ1n) is 7.77. The molecule has 26 heavy (non-hydrogen) atoms. The number of benzene rings is 1. The number of aryl methyl sites for hydroxylation is 2. The smallest absolute Gasteiger partial charge is 0.269 e. The second-order valence-electron chi connectivity index (χ2n) is 5.69. The predicted molar refractivity (Wildman–Crippen MR) is 101 cm³/mol. The Morgan fingerprint density at radius 3 is 2.92 bits per heavy atom. The SMILES string of the molecule is Cc1nc(C)c(C(=O)Nc2nc(-c3ccc4c(c3)NC(=O)CO4)cs2)s1. The number of carbonyl (C=O) groups is 2. The molecule has 0 radical (unpaired) electrons. The summed E-state index contributed by atoms with van der Waals surface area (Å²) in [6, 6.07) is 5.47. The monoisotopic (exact) mass is 386 g/mol. The van der Waals surface area contributed by atoms with Gasteiger partial charge in [0, 0.05) is 10.9 Å². The van der Waals surface area contributed by atoms with Crippen LogP contribution in [0.2, 0.25) is 0 Å². The fourth-order valence-electron chi connectivity index (χ4n) is 2.60. The summed E-state index contributed by atoms with van der Waals surface area (Å²) in [6.45, 7) is 3.71. The molecule has 3 aromatic rings. The van der Waals surface area contributed by atoms with Gasteiger partial charge in [0.25, 0.3) is 11.8 Å². The number of fused-ring (bicyclic) bond motifs is 1. The third-order valence-corrected chi connectivity index (χ3v) is 5.57. The molecule has 0 unspecified atom stereocenters. The van der Waals surface area contributed by atoms with Crippen molar-refractivity contribution in [2.24, 2.45) is 0 Å². The quantitative estimate of drug-likeness (QED) is 0.719. The van der Waals surface area contributed by atoms with Gasteiger partial charge in [0.15, 0.2) is 11.7 Å². The molecule has 9 heteroatoms. The van der Waals surface area contributed by atoms with Crippen LogP contribution in [-0.2, 0) is 4.79 Å². The van der Waals surface area contributed by atoms with Crippen LogP contribution < -0.4 is 15.4 Å². The molecule has 0 spiro atoms. The number of nitrogens with zero attached hydrogens (tertiary/aromatic N) is 2. The largest absolute Gasteiger partial charge is 0.482 e. The van der Waals surface area contributed by atoms with Crippen LogP contribution in [0.3, 0.4) is 0 Å². The van der Waals surface area contributed by atoms with E-state index >= 15 is 0 Å². The van der Waals surface area contributed by atoms with Gasteiger partial charge in [-0.2, -0.15) is 0 Å². The Hall–Kier alpha value is -2.78. The number of carbonyl (C=O) groups excluding carboxylic acids is 2. The van der Waals surface area contributed by atoms with E-state index in [0.717, 1.165) is 10.6 Å². The minimum atomic E-state index is -0.208. The number of hydrogen-bond acceptors (Lipinski definition) is 7. The van der Waals surface area contributed by atoms with Crippen LogP contribution in [0, 0.1) is 13.8 Å². The number of amides is 2. The van der Waals surface area contributed by atoms with E-state index in [4.69, 9.17) is 4.74 Å². The molecule has 1 aliphatic rings. The molecule has 132 valence electrons. The van der Waals surface area contributed by atoms with Crippen molar-refractivity contribution in [1.82, 2.24) is 9.97 Å². The second kappa shape index (κ2) is 6.50. The lowest BCUT2D eigenvalue weighted by Crippen LogP contribution is -2.25. The van der Waals surface area contributed by atoms with Crippen molar-refractivity contribution in [3.8, 4) is 17.0 Å². The maximum atomic E-state index is 12.4. The van der Waals surface area contributed by atoms with Gasteiger partial charge in [-0.15, -0.1) is 22.7 Å². The van der Waals surface area contributed by atoms with E-state index in [2.05, 4.69) is 20.6 Å². The molecule has 3 heterocycles. The summed E-state index contributed by atoms with van der Waals surface area (Å²) in [4.78, 5) is 33.2. The highest BCUT2D eigenvalue weighted by Gasteiger charge is 2.18. The third kappa shape index (κ3) is 3.18. The average molecular weight is 386 g/mol. The van der Waals surface area contributed by atoms with Gasteiger partial charge in [-0.1, -0.05) is 0 Å². The van der Waals surface area contributed by atoms with Gasteiger partial charge in [0.1, 0.15) is 10.6 Å². The Morgan fingerprint density at radius 2 is 2.15 bits per heavy atom. The molecule has 7 nitrogen and oxygen atoms in total. The van der Waals surface area contributed by atoms with Crippen LogP contribution in [0.5, 0.6) is 5.75 Å². The number of anilines is 2. The normalized spacial score (nSPS) is 12.9. The van der Waals surface area contributed by atoms with Crippen LogP contribution in [0.15, 0.2) is 23.6 Å². The maximum absolute atomic E-state index is 12.4. The molecule has 2 aromatic heterocycles. The molecule has 4 rings (SSSR count). The Labute approximate surface area is 157 Å². The molecule has 1 aliphatic heterocycles. The van der Waals surface area contributed by atoms with Crippen molar-refractivity contribution in [3.63, 3.8) is 0 Å². The van der Waals surface area contributed by atoms with E-state index in [1.54, 1.807) is 6.07 Å². The minimum Gasteiger partial charge on any atom is -0.482 e. The molecule has 2 N–H and O–H groups in total. The molecule has 0 saturated carbocycles. The van der Waals surface area contributed by atoms with Gasteiger partial charge in [0.2, 0.25) is 0 Å². The molecule has 0 atom stereocenters. The first-order valence-corrected chi connectivity index (χ1v) is 9.47. The van der Waals surface area contributed by atoms with Crippen molar-refractivity contribution in [2.45, 2.75) is 13.8 Å². The van der Waals surface area contributed by atoms with Gasteiger partial charge >= 0.3 is 0 Å².